The van der Waals surface area contributed by atoms with E-state index in [1.807, 2.05) is 6.20 Å². The molecule has 2 heterocycles. The van der Waals surface area contributed by atoms with Crippen LogP contribution in [0.3, 0.4) is 0 Å². The van der Waals surface area contributed by atoms with Gasteiger partial charge in [0.25, 0.3) is 0 Å². The number of benzene rings is 1. The van der Waals surface area contributed by atoms with E-state index >= 15 is 0 Å². The van der Waals surface area contributed by atoms with E-state index in [1.165, 1.54) is 24.2 Å². The van der Waals surface area contributed by atoms with Crippen molar-refractivity contribution >= 4 is 16.6 Å². The highest BCUT2D eigenvalue weighted by Crippen LogP contribution is 2.24. The van der Waals surface area contributed by atoms with Gasteiger partial charge in [-0.3, -0.25) is 5.10 Å². The molecule has 1 aromatic carbocycles. The monoisotopic (exact) mass is 159 g/mol. The van der Waals surface area contributed by atoms with Crippen molar-refractivity contribution in [2.24, 2.45) is 0 Å². The van der Waals surface area contributed by atoms with Crippen molar-refractivity contribution in [1.82, 2.24) is 10.2 Å². The van der Waals surface area contributed by atoms with E-state index in [1.54, 1.807) is 0 Å². The highest BCUT2D eigenvalue weighted by Gasteiger charge is 2.17. The third-order valence-electron chi connectivity index (χ3n) is 2.24. The van der Waals surface area contributed by atoms with Gasteiger partial charge in [0.05, 0.1) is 11.7 Å². The van der Waals surface area contributed by atoms with Crippen LogP contribution >= 0.6 is 0 Å². The molecule has 0 bridgehead atoms. The molecule has 3 heteroatoms. The quantitative estimate of drug-likeness (QED) is 0.637. The lowest BCUT2D eigenvalue weighted by atomic mass is 10.2. The molecule has 3 nitrogen and oxygen atoms in total. The van der Waals surface area contributed by atoms with Crippen LogP contribution in [0, 0.1) is 0 Å². The van der Waals surface area contributed by atoms with Gasteiger partial charge in [-0.05, 0) is 18.2 Å². The Morgan fingerprint density at radius 1 is 1.33 bits per heavy atom. The molecule has 0 saturated carbocycles. The minimum absolute atomic E-state index is 1.11. The minimum atomic E-state index is 1.11. The van der Waals surface area contributed by atoms with Gasteiger partial charge >= 0.3 is 0 Å². The third-order valence-corrected chi connectivity index (χ3v) is 2.24. The molecule has 12 heavy (non-hydrogen) atoms. The number of nitrogens with zero attached hydrogens (tertiary/aromatic N) is 2. The summed E-state index contributed by atoms with van der Waals surface area (Å²) < 4.78 is 0. The second-order valence-electron chi connectivity index (χ2n) is 3.13. The van der Waals surface area contributed by atoms with Crippen LogP contribution in [0.25, 0.3) is 10.9 Å². The fourth-order valence-electron chi connectivity index (χ4n) is 1.44. The number of H-pyrrole nitrogens is 1. The summed E-state index contributed by atoms with van der Waals surface area (Å²) in [7, 11) is 0. The lowest BCUT2D eigenvalue weighted by molar-refractivity contribution is 1.12. The standard InChI is InChI=1S/C9H9N3/c1-2-9-7(6-10-11-9)5-8(1)12-3-4-12/h1-2,5-6H,3-4H2,(H,10,11). The molecule has 1 saturated heterocycles. The number of hydrogen-bond donors (Lipinski definition) is 1. The van der Waals surface area contributed by atoms with Crippen molar-refractivity contribution in [2.45, 2.75) is 0 Å². The van der Waals surface area contributed by atoms with Crippen molar-refractivity contribution in [3.8, 4) is 0 Å². The lowest BCUT2D eigenvalue weighted by Crippen LogP contribution is -1.88. The fraction of sp³-hybridized carbons (Fsp3) is 0.222. The Bertz CT molecular complexity index is 414. The van der Waals surface area contributed by atoms with E-state index in [0.717, 1.165) is 5.52 Å². The Hall–Kier alpha value is -1.51. The SMILES string of the molecule is c1cc2[nH]ncc2cc1N1CC1. The van der Waals surface area contributed by atoms with Gasteiger partial charge in [-0.15, -0.1) is 0 Å². The summed E-state index contributed by atoms with van der Waals surface area (Å²) in [6, 6.07) is 6.38. The Balaban J connectivity index is 2.21. The Kier molecular flexibility index (Phi) is 1.01. The van der Waals surface area contributed by atoms with Crippen LogP contribution in [0.4, 0.5) is 5.69 Å². The third kappa shape index (κ3) is 0.794. The number of fused-ring (bicyclic) bond motifs is 1. The normalized spacial score (nSPS) is 15.5. The zero-order chi connectivity index (χ0) is 7.97. The maximum atomic E-state index is 3.98. The van der Waals surface area contributed by atoms with Gasteiger partial charge in [0.1, 0.15) is 0 Å². The second-order valence-corrected chi connectivity index (χ2v) is 3.13. The molecule has 1 fully saturated rings. The molecule has 2 aromatic rings. The number of nitrogens with one attached hydrogen (secondary N) is 1. The van der Waals surface area contributed by atoms with Crippen LogP contribution in [-0.4, -0.2) is 23.3 Å². The molecule has 1 aromatic heterocycles. The first-order valence-corrected chi connectivity index (χ1v) is 4.11. The maximum absolute atomic E-state index is 3.98. The van der Waals surface area contributed by atoms with Crippen molar-refractivity contribution in [1.29, 1.82) is 0 Å². The zero-order valence-corrected chi connectivity index (χ0v) is 6.62. The smallest absolute Gasteiger partial charge is 0.0651 e. The molecule has 1 aliphatic rings. The summed E-state index contributed by atoms with van der Waals surface area (Å²) in [5.41, 5.74) is 2.42. The van der Waals surface area contributed by atoms with Gasteiger partial charge in [-0.1, -0.05) is 0 Å². The molecule has 1 aliphatic heterocycles. The zero-order valence-electron chi connectivity index (χ0n) is 6.62. The predicted molar refractivity (Wildman–Crippen MR) is 48.3 cm³/mol. The average Bonchev–Trinajstić information content (AvgIpc) is 2.84. The van der Waals surface area contributed by atoms with Crippen molar-refractivity contribution in [2.75, 3.05) is 18.0 Å². The molecule has 1 N–H and O–H groups in total. The number of anilines is 1. The average molecular weight is 159 g/mol. The van der Waals surface area contributed by atoms with Crippen LogP contribution in [0.5, 0.6) is 0 Å². The number of rotatable bonds is 1. The topological polar surface area (TPSA) is 31.7 Å². The minimum Gasteiger partial charge on any atom is -0.368 e. The molecule has 0 aliphatic carbocycles. The van der Waals surface area contributed by atoms with Crippen molar-refractivity contribution in [3.05, 3.63) is 24.4 Å². The summed E-state index contributed by atoms with van der Waals surface area (Å²) in [6.07, 6.45) is 1.86. The molecule has 0 spiro atoms. The summed E-state index contributed by atoms with van der Waals surface area (Å²) in [5.74, 6) is 0. The largest absolute Gasteiger partial charge is 0.368 e. The van der Waals surface area contributed by atoms with Crippen LogP contribution in [0.1, 0.15) is 0 Å². The summed E-state index contributed by atoms with van der Waals surface area (Å²) >= 11 is 0. The first-order valence-electron chi connectivity index (χ1n) is 4.11. The van der Waals surface area contributed by atoms with E-state index < -0.39 is 0 Å². The van der Waals surface area contributed by atoms with Crippen LogP contribution in [-0.2, 0) is 0 Å². The summed E-state index contributed by atoms with van der Waals surface area (Å²) in [6.45, 7) is 2.40. The highest BCUT2D eigenvalue weighted by atomic mass is 15.3. The van der Waals surface area contributed by atoms with Crippen LogP contribution in [0.2, 0.25) is 0 Å². The van der Waals surface area contributed by atoms with E-state index in [2.05, 4.69) is 33.3 Å². The van der Waals surface area contributed by atoms with Gasteiger partial charge in [0.2, 0.25) is 0 Å². The van der Waals surface area contributed by atoms with E-state index in [9.17, 15) is 0 Å². The molecule has 0 unspecified atom stereocenters. The Labute approximate surface area is 70.0 Å². The molecule has 60 valence electrons. The lowest BCUT2D eigenvalue weighted by Gasteiger charge is -2.00. The van der Waals surface area contributed by atoms with Gasteiger partial charge in [-0.2, -0.15) is 5.10 Å². The first-order chi connectivity index (χ1) is 5.93. The van der Waals surface area contributed by atoms with Gasteiger partial charge in [0.15, 0.2) is 0 Å². The van der Waals surface area contributed by atoms with Crippen molar-refractivity contribution in [3.63, 3.8) is 0 Å². The van der Waals surface area contributed by atoms with Gasteiger partial charge in [0, 0.05) is 24.2 Å². The van der Waals surface area contributed by atoms with E-state index in [-0.39, 0.29) is 0 Å². The molecule has 0 atom stereocenters. The Morgan fingerprint density at radius 3 is 3.08 bits per heavy atom. The molecule has 3 rings (SSSR count). The summed E-state index contributed by atoms with van der Waals surface area (Å²) in [5, 5.41) is 8.11. The molecular formula is C9H9N3. The van der Waals surface area contributed by atoms with E-state index in [4.69, 9.17) is 0 Å². The fourth-order valence-corrected chi connectivity index (χ4v) is 1.44. The molecule has 0 amide bonds. The molecular weight excluding hydrogens is 150 g/mol. The van der Waals surface area contributed by atoms with Crippen molar-refractivity contribution < 1.29 is 0 Å². The second kappa shape index (κ2) is 2.00. The number of aromatic amines is 1. The van der Waals surface area contributed by atoms with Crippen LogP contribution < -0.4 is 4.90 Å². The van der Waals surface area contributed by atoms with E-state index in [0.29, 0.717) is 0 Å². The first kappa shape index (κ1) is 6.06. The van der Waals surface area contributed by atoms with Gasteiger partial charge < -0.3 is 4.90 Å². The molecule has 0 radical (unpaired) electrons. The predicted octanol–water partition coefficient (Wildman–Crippen LogP) is 1.38. The number of hydrogen-bond acceptors (Lipinski definition) is 2. The number of aromatic nitrogens is 2. The highest BCUT2D eigenvalue weighted by molar-refractivity contribution is 5.82. The maximum Gasteiger partial charge on any atom is 0.0651 e. The Morgan fingerprint density at radius 2 is 2.25 bits per heavy atom. The van der Waals surface area contributed by atoms with Crippen LogP contribution in [0.15, 0.2) is 24.4 Å². The van der Waals surface area contributed by atoms with Gasteiger partial charge in [-0.25, -0.2) is 0 Å². The summed E-state index contributed by atoms with van der Waals surface area (Å²) in [4.78, 5) is 2.33.